The summed E-state index contributed by atoms with van der Waals surface area (Å²) in [5, 5.41) is 24.1. The van der Waals surface area contributed by atoms with Crippen LogP contribution in [0.3, 0.4) is 0 Å². The van der Waals surface area contributed by atoms with Crippen LogP contribution in [0.5, 0.6) is 5.75 Å². The minimum Gasteiger partial charge on any atom is -0.497 e. The predicted molar refractivity (Wildman–Crippen MR) is 122 cm³/mol. The summed E-state index contributed by atoms with van der Waals surface area (Å²) >= 11 is 0. The van der Waals surface area contributed by atoms with Gasteiger partial charge in [-0.3, -0.25) is 20.3 Å². The normalized spacial score (nSPS) is 11.2. The first kappa shape index (κ1) is 23.2. The lowest BCUT2D eigenvalue weighted by Crippen LogP contribution is -2.15. The molecule has 0 aromatic heterocycles. The Hall–Kier alpha value is -4.45. The van der Waals surface area contributed by atoms with E-state index in [0.717, 1.165) is 12.1 Å². The molecule has 0 saturated carbocycles. The zero-order valence-electron chi connectivity index (χ0n) is 17.1. The van der Waals surface area contributed by atoms with Gasteiger partial charge in [0, 0.05) is 17.8 Å². The second-order valence-electron chi connectivity index (χ2n) is 6.57. The average molecular weight is 470 g/mol. The van der Waals surface area contributed by atoms with Gasteiger partial charge < -0.3 is 9.84 Å². The summed E-state index contributed by atoms with van der Waals surface area (Å²) in [5.41, 5.74) is 3.04. The molecule has 0 aliphatic rings. The number of carboxylic acids is 1. The zero-order chi connectivity index (χ0) is 24.0. The van der Waals surface area contributed by atoms with Gasteiger partial charge >= 0.3 is 5.97 Å². The molecule has 3 N–H and O–H groups in total. The molecule has 0 amide bonds. The monoisotopic (exact) mass is 470 g/mol. The number of hydrogen-bond donors (Lipinski definition) is 3. The molecule has 0 aliphatic carbocycles. The number of non-ortho nitro benzene ring substituents is 1. The summed E-state index contributed by atoms with van der Waals surface area (Å²) in [5.74, 6) is -0.539. The number of anilines is 2. The lowest BCUT2D eigenvalue weighted by molar-refractivity contribution is -0.385. The zero-order valence-corrected chi connectivity index (χ0v) is 17.9. The Labute approximate surface area is 188 Å². The number of aromatic carboxylic acids is 1. The average Bonchev–Trinajstić information content (AvgIpc) is 2.79. The number of benzene rings is 3. The summed E-state index contributed by atoms with van der Waals surface area (Å²) < 4.78 is 33.3. The van der Waals surface area contributed by atoms with E-state index in [0.29, 0.717) is 11.3 Å². The first-order valence-electron chi connectivity index (χ1n) is 9.27. The number of hydrogen-bond acceptors (Lipinski definition) is 8. The summed E-state index contributed by atoms with van der Waals surface area (Å²) in [4.78, 5) is 21.0. The number of nitrogens with zero attached hydrogens (tertiary/aromatic N) is 2. The second kappa shape index (κ2) is 9.78. The molecule has 3 aromatic carbocycles. The number of hydrazone groups is 1. The number of carboxylic acid groups (broad SMARTS) is 1. The topological polar surface area (TPSA) is 160 Å². The molecule has 0 spiro atoms. The standard InChI is InChI=1S/C21H18N4O7S/c1-32-18-9-6-16(7-10-18)24-33(30,31)20-12-17(25(28)29)8-11-19(20)23-22-13-14-2-4-15(5-3-14)21(26)27/h2-13,23-24H,1H3,(H,26,27)/b22-13+. The SMILES string of the molecule is COc1ccc(NS(=O)(=O)c2cc([N+](=O)[O-])ccc2N/N=C/c2ccc(C(=O)O)cc2)cc1. The fourth-order valence-electron chi connectivity index (χ4n) is 2.70. The molecular weight excluding hydrogens is 452 g/mol. The molecule has 33 heavy (non-hydrogen) atoms. The predicted octanol–water partition coefficient (Wildman–Crippen LogP) is 3.55. The molecule has 3 aromatic rings. The number of methoxy groups -OCH3 is 1. The first-order valence-corrected chi connectivity index (χ1v) is 10.8. The maximum Gasteiger partial charge on any atom is 0.335 e. The number of carbonyl (C=O) groups is 1. The van der Waals surface area contributed by atoms with Gasteiger partial charge in [-0.05, 0) is 48.0 Å². The third-order valence-corrected chi connectivity index (χ3v) is 5.79. The van der Waals surface area contributed by atoms with Crippen LogP contribution in [0, 0.1) is 10.1 Å². The minimum atomic E-state index is -4.23. The number of nitrogens with one attached hydrogen (secondary N) is 2. The van der Waals surface area contributed by atoms with Gasteiger partial charge in [0.1, 0.15) is 10.6 Å². The van der Waals surface area contributed by atoms with E-state index in [1.54, 1.807) is 12.1 Å². The van der Waals surface area contributed by atoms with Gasteiger partial charge in [-0.25, -0.2) is 13.2 Å². The van der Waals surface area contributed by atoms with E-state index in [1.165, 1.54) is 55.8 Å². The van der Waals surface area contributed by atoms with Crippen molar-refractivity contribution < 1.29 is 28.0 Å². The number of rotatable bonds is 9. The van der Waals surface area contributed by atoms with Crippen LogP contribution in [0.4, 0.5) is 17.1 Å². The van der Waals surface area contributed by atoms with Gasteiger partial charge in [0.25, 0.3) is 15.7 Å². The van der Waals surface area contributed by atoms with Crippen LogP contribution >= 0.6 is 0 Å². The second-order valence-corrected chi connectivity index (χ2v) is 8.22. The summed E-state index contributed by atoms with van der Waals surface area (Å²) in [6, 6.07) is 15.2. The van der Waals surface area contributed by atoms with Crippen molar-refractivity contribution in [1.82, 2.24) is 0 Å². The highest BCUT2D eigenvalue weighted by atomic mass is 32.2. The molecule has 0 atom stereocenters. The van der Waals surface area contributed by atoms with E-state index in [-0.39, 0.29) is 21.8 Å². The molecule has 0 aliphatic heterocycles. The van der Waals surface area contributed by atoms with Crippen molar-refractivity contribution in [1.29, 1.82) is 0 Å². The lowest BCUT2D eigenvalue weighted by atomic mass is 10.1. The molecule has 11 nitrogen and oxygen atoms in total. The highest BCUT2D eigenvalue weighted by Crippen LogP contribution is 2.28. The fourth-order valence-corrected chi connectivity index (χ4v) is 3.93. The van der Waals surface area contributed by atoms with Crippen LogP contribution in [0.1, 0.15) is 15.9 Å². The van der Waals surface area contributed by atoms with Gasteiger partial charge in [-0.15, -0.1) is 0 Å². The van der Waals surface area contributed by atoms with Crippen molar-refractivity contribution in [2.45, 2.75) is 4.90 Å². The van der Waals surface area contributed by atoms with Crippen molar-refractivity contribution >= 4 is 39.3 Å². The molecule has 0 fully saturated rings. The maximum atomic E-state index is 13.0. The molecule has 3 rings (SSSR count). The van der Waals surface area contributed by atoms with Crippen LogP contribution in [-0.2, 0) is 10.0 Å². The fraction of sp³-hybridized carbons (Fsp3) is 0.0476. The van der Waals surface area contributed by atoms with Crippen molar-refractivity contribution in [3.8, 4) is 5.75 Å². The van der Waals surface area contributed by atoms with E-state index in [9.17, 15) is 23.3 Å². The molecule has 170 valence electrons. The third kappa shape index (κ3) is 5.83. The van der Waals surface area contributed by atoms with Crippen LogP contribution in [0.25, 0.3) is 0 Å². The highest BCUT2D eigenvalue weighted by molar-refractivity contribution is 7.92. The molecule has 0 saturated heterocycles. The van der Waals surface area contributed by atoms with E-state index < -0.39 is 26.6 Å². The number of sulfonamides is 1. The van der Waals surface area contributed by atoms with Crippen molar-refractivity contribution in [2.24, 2.45) is 5.10 Å². The Balaban J connectivity index is 1.88. The Bertz CT molecular complexity index is 1310. The van der Waals surface area contributed by atoms with Crippen LogP contribution in [0.15, 0.2) is 76.7 Å². The van der Waals surface area contributed by atoms with Crippen LogP contribution < -0.4 is 14.9 Å². The summed E-state index contributed by atoms with van der Waals surface area (Å²) in [6.07, 6.45) is 1.35. The smallest absolute Gasteiger partial charge is 0.335 e. The molecule has 0 bridgehead atoms. The van der Waals surface area contributed by atoms with Gasteiger partial charge in [-0.2, -0.15) is 5.10 Å². The van der Waals surface area contributed by atoms with E-state index in [4.69, 9.17) is 9.84 Å². The van der Waals surface area contributed by atoms with Gasteiger partial charge in [0.05, 0.1) is 29.5 Å². The van der Waals surface area contributed by atoms with Gasteiger partial charge in [0.15, 0.2) is 0 Å². The third-order valence-electron chi connectivity index (χ3n) is 4.36. The summed E-state index contributed by atoms with van der Waals surface area (Å²) in [7, 11) is -2.75. The summed E-state index contributed by atoms with van der Waals surface area (Å²) in [6.45, 7) is 0. The van der Waals surface area contributed by atoms with Gasteiger partial charge in [-0.1, -0.05) is 12.1 Å². The number of nitro benzene ring substituents is 1. The molecule has 12 heteroatoms. The van der Waals surface area contributed by atoms with E-state index in [1.807, 2.05) is 0 Å². The minimum absolute atomic E-state index is 0.0000165. The molecule has 0 radical (unpaired) electrons. The van der Waals surface area contributed by atoms with Crippen molar-refractivity contribution in [3.63, 3.8) is 0 Å². The first-order chi connectivity index (χ1) is 15.7. The molecule has 0 heterocycles. The maximum absolute atomic E-state index is 13.0. The Kier molecular flexibility index (Phi) is 6.88. The van der Waals surface area contributed by atoms with Crippen molar-refractivity contribution in [3.05, 3.63) is 88.0 Å². The largest absolute Gasteiger partial charge is 0.497 e. The van der Waals surface area contributed by atoms with Crippen LogP contribution in [0.2, 0.25) is 0 Å². The lowest BCUT2D eigenvalue weighted by Gasteiger charge is -2.12. The molecular formula is C21H18N4O7S. The van der Waals surface area contributed by atoms with E-state index >= 15 is 0 Å². The van der Waals surface area contributed by atoms with Crippen molar-refractivity contribution in [2.75, 3.05) is 17.3 Å². The number of nitro groups is 1. The Morgan fingerprint density at radius 3 is 2.33 bits per heavy atom. The quantitative estimate of drug-likeness (QED) is 0.243. The van der Waals surface area contributed by atoms with Crippen LogP contribution in [-0.4, -0.2) is 37.7 Å². The number of ether oxygens (including phenoxy) is 1. The molecule has 0 unspecified atom stereocenters. The Morgan fingerprint density at radius 1 is 1.09 bits per heavy atom. The Morgan fingerprint density at radius 2 is 1.76 bits per heavy atom. The van der Waals surface area contributed by atoms with E-state index in [2.05, 4.69) is 15.2 Å². The van der Waals surface area contributed by atoms with Gasteiger partial charge in [0.2, 0.25) is 0 Å². The highest BCUT2D eigenvalue weighted by Gasteiger charge is 2.22.